The van der Waals surface area contributed by atoms with E-state index in [0.717, 1.165) is 18.4 Å². The molecule has 5 nitrogen and oxygen atoms in total. The molecule has 0 spiro atoms. The van der Waals surface area contributed by atoms with Crippen molar-refractivity contribution in [1.29, 1.82) is 0 Å². The first-order valence-electron chi connectivity index (χ1n) is 7.84. The highest BCUT2D eigenvalue weighted by Gasteiger charge is 2.31. The highest BCUT2D eigenvalue weighted by molar-refractivity contribution is 6.01. The van der Waals surface area contributed by atoms with Crippen LogP contribution in [-0.4, -0.2) is 30.7 Å². The first-order chi connectivity index (χ1) is 11.1. The second-order valence-electron chi connectivity index (χ2n) is 5.95. The molecule has 122 valence electrons. The number of esters is 2. The standard InChI is InChI=1S/C18H21NO4/c1-19-14-7-5-4-6-12(14)13-9-8-11(10-15(13)19)16(17(20)22-2)18(21)23-3/h8-10,16H,4-7H2,1-3H3. The van der Waals surface area contributed by atoms with Gasteiger partial charge in [-0.15, -0.1) is 0 Å². The fourth-order valence-electron chi connectivity index (χ4n) is 3.56. The molecule has 0 amide bonds. The molecular weight excluding hydrogens is 294 g/mol. The number of nitrogens with zero attached hydrogens (tertiary/aromatic N) is 1. The third-order valence-corrected chi connectivity index (χ3v) is 4.76. The van der Waals surface area contributed by atoms with Crippen molar-refractivity contribution in [2.75, 3.05) is 14.2 Å². The molecule has 23 heavy (non-hydrogen) atoms. The van der Waals surface area contributed by atoms with Crippen LogP contribution in [0.2, 0.25) is 0 Å². The molecule has 1 heterocycles. The number of hydrogen-bond acceptors (Lipinski definition) is 4. The van der Waals surface area contributed by atoms with Crippen LogP contribution in [0.15, 0.2) is 18.2 Å². The summed E-state index contributed by atoms with van der Waals surface area (Å²) in [4.78, 5) is 24.0. The molecule has 0 saturated heterocycles. The number of aromatic nitrogens is 1. The van der Waals surface area contributed by atoms with Gasteiger partial charge < -0.3 is 14.0 Å². The normalized spacial score (nSPS) is 13.9. The minimum atomic E-state index is -1.04. The second kappa shape index (κ2) is 6.07. The summed E-state index contributed by atoms with van der Waals surface area (Å²) in [6, 6.07) is 5.75. The highest BCUT2D eigenvalue weighted by Crippen LogP contribution is 2.33. The fourth-order valence-corrected chi connectivity index (χ4v) is 3.56. The Balaban J connectivity index is 2.14. The largest absolute Gasteiger partial charge is 0.468 e. The van der Waals surface area contributed by atoms with Gasteiger partial charge in [-0.1, -0.05) is 12.1 Å². The number of carbonyl (C=O) groups excluding carboxylic acids is 2. The Hall–Kier alpha value is -2.30. The van der Waals surface area contributed by atoms with Crippen molar-refractivity contribution in [3.8, 4) is 0 Å². The lowest BCUT2D eigenvalue weighted by atomic mass is 9.94. The summed E-state index contributed by atoms with van der Waals surface area (Å²) in [5.74, 6) is -2.24. The number of benzene rings is 1. The van der Waals surface area contributed by atoms with Crippen molar-refractivity contribution in [2.45, 2.75) is 31.6 Å². The second-order valence-corrected chi connectivity index (χ2v) is 5.95. The van der Waals surface area contributed by atoms with Gasteiger partial charge >= 0.3 is 11.9 Å². The number of aryl methyl sites for hydroxylation is 2. The van der Waals surface area contributed by atoms with Crippen LogP contribution in [0.4, 0.5) is 0 Å². The Morgan fingerprint density at radius 2 is 1.74 bits per heavy atom. The van der Waals surface area contributed by atoms with E-state index < -0.39 is 17.9 Å². The number of methoxy groups -OCH3 is 2. The zero-order chi connectivity index (χ0) is 16.6. The summed E-state index contributed by atoms with van der Waals surface area (Å²) < 4.78 is 11.7. The quantitative estimate of drug-likeness (QED) is 0.645. The molecule has 0 saturated carbocycles. The summed E-state index contributed by atoms with van der Waals surface area (Å²) in [6.07, 6.45) is 4.58. The molecule has 3 rings (SSSR count). The smallest absolute Gasteiger partial charge is 0.324 e. The maximum atomic E-state index is 12.0. The van der Waals surface area contributed by atoms with Gasteiger partial charge in [-0.25, -0.2) is 0 Å². The molecule has 0 unspecified atom stereocenters. The SMILES string of the molecule is COC(=O)C(C(=O)OC)c1ccc2c3c(n(C)c2c1)CCCC3. The van der Waals surface area contributed by atoms with E-state index in [-0.39, 0.29) is 0 Å². The maximum absolute atomic E-state index is 12.0. The molecule has 1 aliphatic carbocycles. The van der Waals surface area contributed by atoms with Crippen molar-refractivity contribution >= 4 is 22.8 Å². The third kappa shape index (κ3) is 2.50. The molecule has 1 aromatic heterocycles. The van der Waals surface area contributed by atoms with Gasteiger partial charge in [0, 0.05) is 23.6 Å². The van der Waals surface area contributed by atoms with E-state index in [1.54, 1.807) is 0 Å². The maximum Gasteiger partial charge on any atom is 0.324 e. The Morgan fingerprint density at radius 1 is 1.09 bits per heavy atom. The van der Waals surface area contributed by atoms with Gasteiger partial charge in [-0.2, -0.15) is 0 Å². The number of hydrogen-bond donors (Lipinski definition) is 0. The lowest BCUT2D eigenvalue weighted by Crippen LogP contribution is -2.24. The van der Waals surface area contributed by atoms with Crippen molar-refractivity contribution in [1.82, 2.24) is 4.57 Å². The van der Waals surface area contributed by atoms with Crippen LogP contribution in [0.1, 0.15) is 35.6 Å². The van der Waals surface area contributed by atoms with Crippen molar-refractivity contribution in [2.24, 2.45) is 7.05 Å². The van der Waals surface area contributed by atoms with Crippen LogP contribution in [0.5, 0.6) is 0 Å². The first-order valence-corrected chi connectivity index (χ1v) is 7.84. The van der Waals surface area contributed by atoms with Gasteiger partial charge in [0.05, 0.1) is 14.2 Å². The van der Waals surface area contributed by atoms with E-state index in [0.29, 0.717) is 5.56 Å². The van der Waals surface area contributed by atoms with E-state index in [9.17, 15) is 9.59 Å². The van der Waals surface area contributed by atoms with E-state index in [1.165, 1.54) is 43.7 Å². The molecular formula is C18H21NO4. The summed E-state index contributed by atoms with van der Waals surface area (Å²) in [7, 11) is 4.59. The van der Waals surface area contributed by atoms with Gasteiger partial charge in [0.25, 0.3) is 0 Å². The van der Waals surface area contributed by atoms with Gasteiger partial charge in [0.1, 0.15) is 0 Å². The molecule has 0 radical (unpaired) electrons. The van der Waals surface area contributed by atoms with Gasteiger partial charge in [0.2, 0.25) is 0 Å². The van der Waals surface area contributed by atoms with Crippen LogP contribution >= 0.6 is 0 Å². The molecule has 5 heteroatoms. The van der Waals surface area contributed by atoms with E-state index in [2.05, 4.69) is 4.57 Å². The Kier molecular flexibility index (Phi) is 4.11. The molecule has 0 N–H and O–H groups in total. The Labute approximate surface area is 135 Å². The minimum absolute atomic E-state index is 0.602. The molecule has 0 fully saturated rings. The van der Waals surface area contributed by atoms with Gasteiger partial charge in [-0.05, 0) is 42.9 Å². The molecule has 2 aromatic rings. The van der Waals surface area contributed by atoms with Crippen molar-refractivity contribution in [3.63, 3.8) is 0 Å². The topological polar surface area (TPSA) is 57.5 Å². The van der Waals surface area contributed by atoms with Crippen LogP contribution < -0.4 is 0 Å². The predicted octanol–water partition coefficient (Wildman–Crippen LogP) is 2.49. The average molecular weight is 315 g/mol. The van der Waals surface area contributed by atoms with Crippen LogP contribution in [0.3, 0.4) is 0 Å². The molecule has 1 aliphatic rings. The van der Waals surface area contributed by atoms with Crippen molar-refractivity contribution in [3.05, 3.63) is 35.0 Å². The average Bonchev–Trinajstić information content (AvgIpc) is 2.87. The minimum Gasteiger partial charge on any atom is -0.468 e. The summed E-state index contributed by atoms with van der Waals surface area (Å²) >= 11 is 0. The zero-order valence-corrected chi connectivity index (χ0v) is 13.7. The lowest BCUT2D eigenvalue weighted by molar-refractivity contribution is -0.154. The monoisotopic (exact) mass is 315 g/mol. The first kappa shape index (κ1) is 15.6. The van der Waals surface area contributed by atoms with E-state index in [1.807, 2.05) is 25.2 Å². The highest BCUT2D eigenvalue weighted by atomic mass is 16.5. The zero-order valence-electron chi connectivity index (χ0n) is 13.7. The van der Waals surface area contributed by atoms with Crippen molar-refractivity contribution < 1.29 is 19.1 Å². The molecule has 1 aromatic carbocycles. The van der Waals surface area contributed by atoms with E-state index >= 15 is 0 Å². The number of ether oxygens (including phenoxy) is 2. The van der Waals surface area contributed by atoms with Crippen LogP contribution in [0, 0.1) is 0 Å². The predicted molar refractivity (Wildman–Crippen MR) is 86.3 cm³/mol. The van der Waals surface area contributed by atoms with Gasteiger partial charge in [-0.3, -0.25) is 9.59 Å². The van der Waals surface area contributed by atoms with Crippen LogP contribution in [-0.2, 0) is 39.0 Å². The number of fused-ring (bicyclic) bond motifs is 3. The Bertz CT molecular complexity index is 759. The molecule has 0 aliphatic heterocycles. The third-order valence-electron chi connectivity index (χ3n) is 4.76. The Morgan fingerprint density at radius 3 is 2.39 bits per heavy atom. The van der Waals surface area contributed by atoms with E-state index in [4.69, 9.17) is 9.47 Å². The molecule has 0 bridgehead atoms. The van der Waals surface area contributed by atoms with Crippen LogP contribution in [0.25, 0.3) is 10.9 Å². The summed E-state index contributed by atoms with van der Waals surface area (Å²) in [5.41, 5.74) is 4.41. The number of rotatable bonds is 3. The molecule has 0 atom stereocenters. The van der Waals surface area contributed by atoms with Gasteiger partial charge in [0.15, 0.2) is 5.92 Å². The summed E-state index contributed by atoms with van der Waals surface area (Å²) in [6.45, 7) is 0. The lowest BCUT2D eigenvalue weighted by Gasteiger charge is -2.13. The number of carbonyl (C=O) groups is 2. The fraction of sp³-hybridized carbons (Fsp3) is 0.444. The summed E-state index contributed by atoms with van der Waals surface area (Å²) in [5, 5.41) is 1.21.